The molecule has 2 heteroatoms. The second-order valence-electron chi connectivity index (χ2n) is 7.10. The summed E-state index contributed by atoms with van der Waals surface area (Å²) in [6, 6.07) is 10.6. The van der Waals surface area contributed by atoms with Crippen LogP contribution in [-0.4, -0.2) is 17.0 Å². The summed E-state index contributed by atoms with van der Waals surface area (Å²) in [7, 11) is 0.104. The molecule has 148 valence electrons. The molecule has 0 aliphatic heterocycles. The number of hydrogen-bond acceptors (Lipinski definition) is 0. The molecule has 1 aromatic carbocycles. The Balaban J connectivity index is 0.000000194. The summed E-state index contributed by atoms with van der Waals surface area (Å²) in [6.07, 6.45) is 28.9. The van der Waals surface area contributed by atoms with Crippen LogP contribution >= 0.6 is 7.92 Å². The van der Waals surface area contributed by atoms with Gasteiger partial charge in [0.05, 0.1) is 0 Å². The molecule has 3 aliphatic rings. The Hall–Kier alpha value is 0.403. The molecule has 0 unspecified atom stereocenters. The monoisotopic (exact) mass is 468 g/mol. The molecule has 0 nitrogen and oxygen atoms in total. The Morgan fingerprint density at radius 2 is 1.18 bits per heavy atom. The van der Waals surface area contributed by atoms with Gasteiger partial charge in [-0.1, -0.05) is 38.3 Å². The van der Waals surface area contributed by atoms with Crippen molar-refractivity contribution in [2.24, 2.45) is 5.92 Å². The second kappa shape index (κ2) is 19.4. The maximum absolute atomic E-state index is 2.41. The SMILES string of the molecule is CP(C)c1ccccc1.[CH]1[CH][CH][CH][CH]1.[CH]1[CH][CH][CH][CH]1.[Zr]=[CH]CC1CCCCC1. The van der Waals surface area contributed by atoms with Crippen LogP contribution in [0.15, 0.2) is 30.3 Å². The van der Waals surface area contributed by atoms with Crippen molar-refractivity contribution in [1.29, 1.82) is 0 Å². The second-order valence-corrected chi connectivity index (χ2v) is 10.4. The first-order chi connectivity index (χ1) is 13.7. The molecule has 0 spiro atoms. The van der Waals surface area contributed by atoms with Gasteiger partial charge in [-0.15, -0.1) is 0 Å². The van der Waals surface area contributed by atoms with E-state index in [1.165, 1.54) is 43.8 Å². The van der Waals surface area contributed by atoms with Crippen molar-refractivity contribution >= 4 is 16.9 Å². The van der Waals surface area contributed by atoms with E-state index < -0.39 is 0 Å². The maximum atomic E-state index is 2.41. The van der Waals surface area contributed by atoms with E-state index in [0.717, 1.165) is 5.92 Å². The summed E-state index contributed by atoms with van der Waals surface area (Å²) in [6.45, 7) is 4.54. The first kappa shape index (κ1) is 26.4. The van der Waals surface area contributed by atoms with Crippen LogP contribution in [0, 0.1) is 70.1 Å². The van der Waals surface area contributed by atoms with E-state index in [9.17, 15) is 0 Å². The van der Waals surface area contributed by atoms with E-state index in [4.69, 9.17) is 0 Å². The topological polar surface area (TPSA) is 0 Å². The zero-order valence-electron chi connectivity index (χ0n) is 17.5. The molecule has 0 aromatic heterocycles. The quantitative estimate of drug-likeness (QED) is 0.449. The summed E-state index contributed by atoms with van der Waals surface area (Å²) in [5.41, 5.74) is 0. The predicted octanol–water partition coefficient (Wildman–Crippen LogP) is 6.40. The van der Waals surface area contributed by atoms with Crippen molar-refractivity contribution in [1.82, 2.24) is 0 Å². The Bertz CT molecular complexity index is 418. The van der Waals surface area contributed by atoms with Crippen LogP contribution in [0.5, 0.6) is 0 Å². The number of rotatable bonds is 3. The van der Waals surface area contributed by atoms with E-state index in [1.807, 2.05) is 64.2 Å². The third kappa shape index (κ3) is 15.3. The fraction of sp³-hybridized carbons (Fsp3) is 0.346. The van der Waals surface area contributed by atoms with Crippen molar-refractivity contribution in [3.8, 4) is 0 Å². The summed E-state index contributed by atoms with van der Waals surface area (Å²) in [4.78, 5) is 0. The molecule has 10 radical (unpaired) electrons. The third-order valence-corrected chi connectivity index (χ3v) is 6.47. The minimum atomic E-state index is 0.104. The van der Waals surface area contributed by atoms with Crippen LogP contribution in [-0.2, 0) is 24.2 Å². The van der Waals surface area contributed by atoms with Gasteiger partial charge >= 0.3 is 72.4 Å². The van der Waals surface area contributed by atoms with Gasteiger partial charge in [-0.2, -0.15) is 0 Å². The fourth-order valence-electron chi connectivity index (χ4n) is 2.96. The van der Waals surface area contributed by atoms with Crippen molar-refractivity contribution in [2.45, 2.75) is 38.5 Å². The molecule has 4 rings (SSSR count). The molecule has 1 aromatic rings. The molecule has 0 saturated heterocycles. The zero-order valence-corrected chi connectivity index (χ0v) is 20.9. The standard InChI is InChI=1S/C8H11P.C8H14.2C5H5.Zr/c1-9(2)8-6-4-3-5-7-8;1-2-8-6-4-3-5-7-8;2*1-2-4-5-3-1;/h3-7H,1-2H3;1,8H,2-7H2;2*1-5H;. The summed E-state index contributed by atoms with van der Waals surface area (Å²) in [5.74, 6) is 1.07. The van der Waals surface area contributed by atoms with Gasteiger partial charge in [0, 0.05) is 0 Å². The molecule has 0 amide bonds. The molecule has 3 aliphatic carbocycles. The average molecular weight is 470 g/mol. The molecule has 0 N–H and O–H groups in total. The van der Waals surface area contributed by atoms with Crippen molar-refractivity contribution in [2.75, 3.05) is 13.3 Å². The zero-order chi connectivity index (χ0) is 20.3. The fourth-order valence-corrected chi connectivity index (χ4v) is 4.54. The normalized spacial score (nSPS) is 18.8. The van der Waals surface area contributed by atoms with Gasteiger partial charge in [0.25, 0.3) is 0 Å². The molecule has 28 heavy (non-hydrogen) atoms. The Morgan fingerprint density at radius 3 is 1.50 bits per heavy atom. The van der Waals surface area contributed by atoms with Crippen LogP contribution < -0.4 is 5.30 Å². The van der Waals surface area contributed by atoms with Crippen molar-refractivity contribution in [3.63, 3.8) is 0 Å². The molecule has 3 saturated carbocycles. The van der Waals surface area contributed by atoms with E-state index >= 15 is 0 Å². The van der Waals surface area contributed by atoms with Gasteiger partial charge in [0.1, 0.15) is 0 Å². The Labute approximate surface area is 192 Å². The van der Waals surface area contributed by atoms with Gasteiger partial charge < -0.3 is 0 Å². The van der Waals surface area contributed by atoms with Gasteiger partial charge in [-0.25, -0.2) is 0 Å². The minimum absolute atomic E-state index is 0.104. The number of benzene rings is 1. The van der Waals surface area contributed by atoms with Gasteiger partial charge in [0.2, 0.25) is 0 Å². The van der Waals surface area contributed by atoms with Crippen molar-refractivity contribution < 1.29 is 24.2 Å². The predicted molar refractivity (Wildman–Crippen MR) is 125 cm³/mol. The first-order valence-corrected chi connectivity index (χ1v) is 13.9. The Kier molecular flexibility index (Phi) is 18.3. The van der Waals surface area contributed by atoms with Crippen LogP contribution in [0.25, 0.3) is 0 Å². The van der Waals surface area contributed by atoms with E-state index in [0.29, 0.717) is 0 Å². The summed E-state index contributed by atoms with van der Waals surface area (Å²) < 4.78 is 2.41. The Morgan fingerprint density at radius 1 is 0.750 bits per heavy atom. The van der Waals surface area contributed by atoms with Crippen molar-refractivity contribution in [3.05, 3.63) is 94.5 Å². The summed E-state index contributed by atoms with van der Waals surface area (Å²) >= 11 is 1.61. The average Bonchev–Trinajstić information content (AvgIpc) is 3.49. The van der Waals surface area contributed by atoms with E-state index in [-0.39, 0.29) is 7.92 Å². The first-order valence-electron chi connectivity index (χ1n) is 10.3. The molecule has 0 heterocycles. The molecule has 3 fully saturated rings. The van der Waals surface area contributed by atoms with Gasteiger partial charge in [0.15, 0.2) is 0 Å². The van der Waals surface area contributed by atoms with E-state index in [1.54, 1.807) is 24.2 Å². The van der Waals surface area contributed by atoms with Crippen LogP contribution in [0.4, 0.5) is 0 Å². The molecule has 0 atom stereocenters. The van der Waals surface area contributed by atoms with Gasteiger partial charge in [-0.3, -0.25) is 0 Å². The molecule has 0 bridgehead atoms. The van der Waals surface area contributed by atoms with Crippen LogP contribution in [0.1, 0.15) is 38.5 Å². The van der Waals surface area contributed by atoms with E-state index in [2.05, 4.69) is 47.4 Å². The molecular formula is C26H35PZr. The van der Waals surface area contributed by atoms with Gasteiger partial charge in [-0.05, 0) is 82.8 Å². The third-order valence-electron chi connectivity index (χ3n) is 4.56. The molecular weight excluding hydrogens is 434 g/mol. The van der Waals surface area contributed by atoms with Crippen LogP contribution in [0.3, 0.4) is 0 Å². The number of hydrogen-bond donors (Lipinski definition) is 0. The summed E-state index contributed by atoms with van der Waals surface area (Å²) in [5, 5.41) is 1.48. The van der Waals surface area contributed by atoms with Crippen LogP contribution in [0.2, 0.25) is 0 Å².